The number of hydrogen-bond acceptors (Lipinski definition) is 13. The van der Waals surface area contributed by atoms with Gasteiger partial charge in [0, 0.05) is 38.5 Å². The summed E-state index contributed by atoms with van der Waals surface area (Å²) < 4.78 is 0. The van der Waals surface area contributed by atoms with Crippen LogP contribution in [0, 0.1) is 5.92 Å². The largest absolute Gasteiger partial charge is 0.480 e. The Morgan fingerprint density at radius 3 is 1.67 bits per heavy atom. The van der Waals surface area contributed by atoms with Crippen LogP contribution in [0.2, 0.25) is 0 Å². The molecule has 10 atom stereocenters. The fourth-order valence-electron chi connectivity index (χ4n) is 9.08. The summed E-state index contributed by atoms with van der Waals surface area (Å²) in [5.41, 5.74) is 16.6. The van der Waals surface area contributed by atoms with Crippen LogP contribution in [0.3, 0.4) is 0 Å². The number of hydrogen-bond donors (Lipinski definition) is 10. The standard InChI is InChI=1S/C42H70N12O11S/c1-22(2)20-26(38(61)51-16-6-12-29(51)36(59)50-32(24(4)55)40(63)54-19-9-14-31(54)41(64)65)48-34(57)27(21-66)49-35(58)28-11-7-17-52(28)39(62)30-13-8-18-53(30)37(60)25(47-33(56)23(3)43)10-5-15-46-42(44)45/h22-32,55,66H,5-21,43H2,1-4H3,(H,47,56)(H,48,57)(H,49,58)(H,50,59)(H,64,65)(H4,44,45,46)/t23-,24+,25-,26-,27-,28-,29-,30-,31-,32-/m0/s1. The van der Waals surface area contributed by atoms with Crippen molar-refractivity contribution in [3.05, 3.63) is 0 Å². The second-order valence-corrected chi connectivity index (χ2v) is 18.4. The van der Waals surface area contributed by atoms with Crippen molar-refractivity contribution in [2.75, 3.05) is 38.5 Å². The number of nitrogens with one attached hydrogen (secondary N) is 4. The number of carboxylic acid groups (broad SMARTS) is 1. The molecule has 0 aliphatic carbocycles. The average molecular weight is 951 g/mol. The number of aliphatic carboxylic acids is 1. The highest BCUT2D eigenvalue weighted by Gasteiger charge is 2.46. The number of carbonyl (C=O) groups excluding carboxylic acids is 8. The number of aliphatic imine (C=N–C) groups is 1. The third-order valence-electron chi connectivity index (χ3n) is 12.5. The molecule has 4 saturated heterocycles. The highest BCUT2D eigenvalue weighted by atomic mass is 32.1. The van der Waals surface area contributed by atoms with Gasteiger partial charge < -0.3 is 68.3 Å². The van der Waals surface area contributed by atoms with Crippen LogP contribution in [0.4, 0.5) is 0 Å². The van der Waals surface area contributed by atoms with Gasteiger partial charge in [-0.2, -0.15) is 12.6 Å². The van der Waals surface area contributed by atoms with Gasteiger partial charge in [0.1, 0.15) is 48.3 Å². The Kier molecular flexibility index (Phi) is 19.8. The van der Waals surface area contributed by atoms with E-state index >= 15 is 0 Å². The summed E-state index contributed by atoms with van der Waals surface area (Å²) in [6.45, 7) is 7.45. The van der Waals surface area contributed by atoms with E-state index in [2.05, 4.69) is 38.9 Å². The molecule has 66 heavy (non-hydrogen) atoms. The van der Waals surface area contributed by atoms with E-state index in [1.165, 1.54) is 28.5 Å². The van der Waals surface area contributed by atoms with E-state index in [1.807, 2.05) is 13.8 Å². The van der Waals surface area contributed by atoms with Crippen LogP contribution in [-0.2, 0) is 43.2 Å². The number of guanidine groups is 1. The lowest BCUT2D eigenvalue weighted by Crippen LogP contribution is -2.61. The van der Waals surface area contributed by atoms with Gasteiger partial charge in [-0.3, -0.25) is 43.3 Å². The van der Waals surface area contributed by atoms with Crippen molar-refractivity contribution in [1.82, 2.24) is 40.9 Å². The molecule has 23 nitrogen and oxygen atoms in total. The molecule has 4 heterocycles. The number of carbonyl (C=O) groups is 9. The third kappa shape index (κ3) is 13.7. The quantitative estimate of drug-likeness (QED) is 0.0234. The Balaban J connectivity index is 1.42. The summed E-state index contributed by atoms with van der Waals surface area (Å²) in [5, 5.41) is 30.8. The third-order valence-corrected chi connectivity index (χ3v) is 12.8. The number of amides is 8. The second kappa shape index (κ2) is 24.5. The lowest BCUT2D eigenvalue weighted by Gasteiger charge is -2.34. The summed E-state index contributed by atoms with van der Waals surface area (Å²) in [7, 11) is 0. The van der Waals surface area contributed by atoms with E-state index in [0.717, 1.165) is 4.90 Å². The molecule has 12 N–H and O–H groups in total. The molecule has 0 unspecified atom stereocenters. The van der Waals surface area contributed by atoms with Crippen LogP contribution in [0.5, 0.6) is 0 Å². The Morgan fingerprint density at radius 1 is 0.652 bits per heavy atom. The molecule has 0 bridgehead atoms. The number of rotatable bonds is 21. The first-order chi connectivity index (χ1) is 31.2. The summed E-state index contributed by atoms with van der Waals surface area (Å²) >= 11 is 4.33. The Labute approximate surface area is 390 Å². The molecule has 24 heteroatoms. The van der Waals surface area contributed by atoms with Gasteiger partial charge in [0.05, 0.1) is 12.1 Å². The van der Waals surface area contributed by atoms with Crippen LogP contribution < -0.4 is 38.5 Å². The van der Waals surface area contributed by atoms with Crippen molar-refractivity contribution in [1.29, 1.82) is 0 Å². The minimum Gasteiger partial charge on any atom is -0.480 e. The van der Waals surface area contributed by atoms with Crippen LogP contribution in [0.15, 0.2) is 4.99 Å². The molecule has 4 rings (SSSR count). The summed E-state index contributed by atoms with van der Waals surface area (Å²) in [5.74, 6) is -6.44. The van der Waals surface area contributed by atoms with Crippen molar-refractivity contribution in [2.24, 2.45) is 28.1 Å². The molecule has 0 aromatic rings. The zero-order valence-corrected chi connectivity index (χ0v) is 39.3. The Bertz CT molecular complexity index is 1830. The molecule has 0 radical (unpaired) electrons. The molecule has 0 aromatic heterocycles. The lowest BCUT2D eigenvalue weighted by molar-refractivity contribution is -0.151. The highest BCUT2D eigenvalue weighted by molar-refractivity contribution is 7.80. The van der Waals surface area contributed by atoms with E-state index in [0.29, 0.717) is 38.5 Å². The van der Waals surface area contributed by atoms with Gasteiger partial charge >= 0.3 is 5.97 Å². The number of nitrogens with two attached hydrogens (primary N) is 3. The summed E-state index contributed by atoms with van der Waals surface area (Å²) in [6, 6.07) is -9.77. The molecule has 0 spiro atoms. The number of aliphatic hydroxyl groups excluding tert-OH is 1. The zero-order valence-electron chi connectivity index (χ0n) is 38.4. The topological polar surface area (TPSA) is 346 Å². The first-order valence-electron chi connectivity index (χ1n) is 22.9. The maximum atomic E-state index is 14.2. The van der Waals surface area contributed by atoms with Gasteiger partial charge in [-0.25, -0.2) is 4.79 Å². The molecule has 370 valence electrons. The van der Waals surface area contributed by atoms with Crippen LogP contribution >= 0.6 is 12.6 Å². The summed E-state index contributed by atoms with van der Waals surface area (Å²) in [4.78, 5) is 131. The zero-order chi connectivity index (χ0) is 49.0. The number of thiol groups is 1. The number of carboxylic acids is 1. The SMILES string of the molecule is CC(C)C[C@H](NC(=O)[C@H](CS)NC(=O)[C@@H]1CCCN1C(=O)[C@@H]1CCCN1C(=O)[C@H](CCCN=C(N)N)NC(=O)[C@H](C)N)C(=O)N1CCC[C@H]1C(=O)N[C@H](C(=O)N1CCC[C@H]1C(=O)O)[C@@H](C)O. The van der Waals surface area contributed by atoms with Gasteiger partial charge in [-0.15, -0.1) is 0 Å². The van der Waals surface area contributed by atoms with Crippen LogP contribution in [0.25, 0.3) is 0 Å². The van der Waals surface area contributed by atoms with Crippen molar-refractivity contribution < 1.29 is 53.4 Å². The van der Waals surface area contributed by atoms with Gasteiger partial charge in [0.2, 0.25) is 47.3 Å². The molecule has 0 aromatic carbocycles. The monoisotopic (exact) mass is 951 g/mol. The van der Waals surface area contributed by atoms with E-state index < -0.39 is 114 Å². The number of nitrogens with zero attached hydrogens (tertiary/aromatic N) is 5. The molecule has 4 aliphatic heterocycles. The van der Waals surface area contributed by atoms with Crippen molar-refractivity contribution >= 4 is 71.8 Å². The normalized spacial score (nSPS) is 23.3. The van der Waals surface area contributed by atoms with Gasteiger partial charge in [0.25, 0.3) is 0 Å². The van der Waals surface area contributed by atoms with Crippen molar-refractivity contribution in [3.63, 3.8) is 0 Å². The molecular weight excluding hydrogens is 881 g/mol. The predicted molar refractivity (Wildman–Crippen MR) is 243 cm³/mol. The first-order valence-corrected chi connectivity index (χ1v) is 23.6. The molecule has 4 fully saturated rings. The first kappa shape index (κ1) is 53.4. The number of aliphatic hydroxyl groups is 1. The van der Waals surface area contributed by atoms with E-state index in [-0.39, 0.29) is 82.5 Å². The van der Waals surface area contributed by atoms with Crippen LogP contribution in [0.1, 0.15) is 98.3 Å². The average Bonchev–Trinajstić information content (AvgIpc) is 4.11. The van der Waals surface area contributed by atoms with Crippen LogP contribution in [-0.4, -0.2) is 188 Å². The Morgan fingerprint density at radius 2 is 1.14 bits per heavy atom. The van der Waals surface area contributed by atoms with Crippen molar-refractivity contribution in [2.45, 2.75) is 159 Å². The minimum absolute atomic E-state index is 0.112. The van der Waals surface area contributed by atoms with E-state index in [1.54, 1.807) is 0 Å². The molecular formula is C42H70N12O11S. The molecule has 0 saturated carbocycles. The maximum absolute atomic E-state index is 14.2. The van der Waals surface area contributed by atoms with E-state index in [9.17, 15) is 53.4 Å². The summed E-state index contributed by atoms with van der Waals surface area (Å²) in [6.07, 6.45) is 2.24. The fraction of sp³-hybridized carbons (Fsp3) is 0.762. The molecule has 4 aliphatic rings. The van der Waals surface area contributed by atoms with Gasteiger partial charge in [0.15, 0.2) is 5.96 Å². The lowest BCUT2D eigenvalue weighted by atomic mass is 10.0. The smallest absolute Gasteiger partial charge is 0.326 e. The Hall–Kier alpha value is -5.23. The van der Waals surface area contributed by atoms with Crippen molar-refractivity contribution in [3.8, 4) is 0 Å². The fourth-order valence-corrected chi connectivity index (χ4v) is 9.34. The van der Waals surface area contributed by atoms with E-state index in [4.69, 9.17) is 17.2 Å². The predicted octanol–water partition coefficient (Wildman–Crippen LogP) is -3.27. The highest BCUT2D eigenvalue weighted by Crippen LogP contribution is 2.27. The van der Waals surface area contributed by atoms with Gasteiger partial charge in [-0.05, 0) is 90.4 Å². The van der Waals surface area contributed by atoms with Gasteiger partial charge in [-0.1, -0.05) is 13.8 Å². The minimum atomic E-state index is -1.46. The second-order valence-electron chi connectivity index (χ2n) is 18.1. The number of likely N-dealkylation sites (tertiary alicyclic amines) is 4. The maximum Gasteiger partial charge on any atom is 0.326 e. The molecule has 8 amide bonds.